The third-order valence-electron chi connectivity index (χ3n) is 3.64. The number of benzene rings is 1. The predicted octanol–water partition coefficient (Wildman–Crippen LogP) is 3.57. The Morgan fingerprint density at radius 3 is 2.57 bits per heavy atom. The molecule has 0 bridgehead atoms. The first-order valence-electron chi connectivity index (χ1n) is 7.07. The van der Waals surface area contributed by atoms with Gasteiger partial charge in [-0.15, -0.1) is 0 Å². The number of rotatable bonds is 7. The summed E-state index contributed by atoms with van der Waals surface area (Å²) in [6, 6.07) is 6.31. The molecule has 0 fully saturated rings. The van der Waals surface area contributed by atoms with Crippen LogP contribution in [0.3, 0.4) is 0 Å². The molecule has 0 radical (unpaired) electrons. The standard InChI is InChI=1S/C16H22FNO3/c1-4-16(3,15(19)21-5-2)11-13(18-20)10-12-8-6-7-9-14(12)17/h6-9,20H,4-5,10-11H2,1-3H3. The van der Waals surface area contributed by atoms with Crippen molar-refractivity contribution in [2.75, 3.05) is 6.61 Å². The van der Waals surface area contributed by atoms with Gasteiger partial charge in [0.2, 0.25) is 0 Å². The van der Waals surface area contributed by atoms with Gasteiger partial charge in [-0.25, -0.2) is 4.39 Å². The summed E-state index contributed by atoms with van der Waals surface area (Å²) >= 11 is 0. The van der Waals surface area contributed by atoms with Crippen molar-refractivity contribution in [2.45, 2.75) is 40.0 Å². The lowest BCUT2D eigenvalue weighted by atomic mass is 9.81. The first-order valence-corrected chi connectivity index (χ1v) is 7.07. The number of carbonyl (C=O) groups excluding carboxylic acids is 1. The second-order valence-electron chi connectivity index (χ2n) is 5.25. The molecule has 0 spiro atoms. The summed E-state index contributed by atoms with van der Waals surface area (Å²) in [7, 11) is 0. The first kappa shape index (κ1) is 17.1. The van der Waals surface area contributed by atoms with Crippen molar-refractivity contribution in [3.8, 4) is 0 Å². The number of oxime groups is 1. The van der Waals surface area contributed by atoms with Crippen molar-refractivity contribution >= 4 is 11.7 Å². The number of halogens is 1. The van der Waals surface area contributed by atoms with E-state index in [9.17, 15) is 9.18 Å². The molecule has 116 valence electrons. The zero-order valence-electron chi connectivity index (χ0n) is 12.7. The molecule has 0 saturated heterocycles. The van der Waals surface area contributed by atoms with Crippen LogP contribution in [0.2, 0.25) is 0 Å². The molecule has 1 aromatic carbocycles. The molecule has 0 aromatic heterocycles. The highest BCUT2D eigenvalue weighted by Crippen LogP contribution is 2.29. The van der Waals surface area contributed by atoms with E-state index in [2.05, 4.69) is 5.16 Å². The second kappa shape index (κ2) is 7.76. The minimum Gasteiger partial charge on any atom is -0.466 e. The SMILES string of the molecule is CCOC(=O)C(C)(CC)CC(Cc1ccccc1F)=NO. The monoisotopic (exact) mass is 295 g/mol. The Balaban J connectivity index is 2.86. The molecule has 1 N–H and O–H groups in total. The zero-order valence-corrected chi connectivity index (χ0v) is 12.7. The number of nitrogens with zero attached hydrogens (tertiary/aromatic N) is 1. The van der Waals surface area contributed by atoms with Gasteiger partial charge in [-0.2, -0.15) is 0 Å². The lowest BCUT2D eigenvalue weighted by Crippen LogP contribution is -2.32. The Morgan fingerprint density at radius 2 is 2.05 bits per heavy atom. The molecule has 0 amide bonds. The predicted molar refractivity (Wildman–Crippen MR) is 79.0 cm³/mol. The van der Waals surface area contributed by atoms with E-state index < -0.39 is 5.41 Å². The summed E-state index contributed by atoms with van der Waals surface area (Å²) in [6.07, 6.45) is 0.938. The van der Waals surface area contributed by atoms with Crippen LogP contribution in [0.1, 0.15) is 39.2 Å². The lowest BCUT2D eigenvalue weighted by Gasteiger charge is -2.26. The molecule has 0 aliphatic heterocycles. The molecule has 1 rings (SSSR count). The van der Waals surface area contributed by atoms with Crippen LogP contribution in [0.4, 0.5) is 4.39 Å². The Morgan fingerprint density at radius 1 is 1.38 bits per heavy atom. The summed E-state index contributed by atoms with van der Waals surface area (Å²) in [4.78, 5) is 12.0. The topological polar surface area (TPSA) is 58.9 Å². The van der Waals surface area contributed by atoms with Crippen LogP contribution in [0.25, 0.3) is 0 Å². The van der Waals surface area contributed by atoms with Crippen molar-refractivity contribution in [1.82, 2.24) is 0 Å². The third kappa shape index (κ3) is 4.55. The van der Waals surface area contributed by atoms with Gasteiger partial charge in [0.05, 0.1) is 17.7 Å². The molecule has 1 unspecified atom stereocenters. The van der Waals surface area contributed by atoms with Crippen molar-refractivity contribution in [2.24, 2.45) is 10.6 Å². The minimum atomic E-state index is -0.775. The Hall–Kier alpha value is -1.91. The largest absolute Gasteiger partial charge is 0.466 e. The number of carbonyl (C=O) groups is 1. The number of hydrogen-bond acceptors (Lipinski definition) is 4. The van der Waals surface area contributed by atoms with Crippen molar-refractivity contribution in [1.29, 1.82) is 0 Å². The first-order chi connectivity index (χ1) is 9.96. The maximum absolute atomic E-state index is 13.7. The highest BCUT2D eigenvalue weighted by atomic mass is 19.1. The highest BCUT2D eigenvalue weighted by molar-refractivity contribution is 5.91. The smallest absolute Gasteiger partial charge is 0.312 e. The van der Waals surface area contributed by atoms with E-state index in [1.54, 1.807) is 32.0 Å². The van der Waals surface area contributed by atoms with Gasteiger partial charge >= 0.3 is 5.97 Å². The van der Waals surface area contributed by atoms with Crippen molar-refractivity contribution in [3.05, 3.63) is 35.6 Å². The minimum absolute atomic E-state index is 0.165. The van der Waals surface area contributed by atoms with Gasteiger partial charge in [0.1, 0.15) is 5.82 Å². The van der Waals surface area contributed by atoms with E-state index >= 15 is 0 Å². The Kier molecular flexibility index (Phi) is 6.34. The molecule has 1 aromatic rings. The molecular weight excluding hydrogens is 273 g/mol. The average Bonchev–Trinajstić information content (AvgIpc) is 2.48. The van der Waals surface area contributed by atoms with Crippen molar-refractivity contribution < 1.29 is 19.1 Å². The lowest BCUT2D eigenvalue weighted by molar-refractivity contribution is -0.154. The molecular formula is C16H22FNO3. The summed E-state index contributed by atoms with van der Waals surface area (Å²) in [5.74, 6) is -0.685. The van der Waals surface area contributed by atoms with Crippen molar-refractivity contribution in [3.63, 3.8) is 0 Å². The van der Waals surface area contributed by atoms with Gasteiger partial charge in [0.25, 0.3) is 0 Å². The Bertz CT molecular complexity index is 516. The van der Waals surface area contributed by atoms with Gasteiger partial charge in [-0.1, -0.05) is 30.3 Å². The van der Waals surface area contributed by atoms with Gasteiger partial charge in [-0.05, 0) is 31.9 Å². The Labute approximate surface area is 124 Å². The number of hydrogen-bond donors (Lipinski definition) is 1. The van der Waals surface area contributed by atoms with Gasteiger partial charge in [-0.3, -0.25) is 4.79 Å². The summed E-state index contributed by atoms with van der Waals surface area (Å²) in [5.41, 5.74) is 0.0214. The maximum atomic E-state index is 13.7. The summed E-state index contributed by atoms with van der Waals surface area (Å²) in [5, 5.41) is 12.4. The van der Waals surface area contributed by atoms with Crippen LogP contribution in [0.15, 0.2) is 29.4 Å². The molecule has 0 saturated carbocycles. The fourth-order valence-electron chi connectivity index (χ4n) is 2.09. The normalized spacial score (nSPS) is 14.6. The summed E-state index contributed by atoms with van der Waals surface area (Å²) < 4.78 is 18.7. The van der Waals surface area contributed by atoms with Gasteiger partial charge in [0, 0.05) is 12.8 Å². The molecule has 21 heavy (non-hydrogen) atoms. The van der Waals surface area contributed by atoms with E-state index in [0.717, 1.165) is 0 Å². The van der Waals surface area contributed by atoms with Crippen LogP contribution < -0.4 is 0 Å². The molecule has 4 nitrogen and oxygen atoms in total. The second-order valence-corrected chi connectivity index (χ2v) is 5.25. The fourth-order valence-corrected chi connectivity index (χ4v) is 2.09. The van der Waals surface area contributed by atoms with Gasteiger partial charge < -0.3 is 9.94 Å². The zero-order chi connectivity index (χ0) is 15.9. The quantitative estimate of drug-likeness (QED) is 0.362. The third-order valence-corrected chi connectivity index (χ3v) is 3.64. The van der Waals surface area contributed by atoms with E-state index in [-0.39, 0.29) is 24.6 Å². The van der Waals surface area contributed by atoms with E-state index in [0.29, 0.717) is 24.3 Å². The van der Waals surface area contributed by atoms with Crippen LogP contribution in [-0.4, -0.2) is 23.5 Å². The van der Waals surface area contributed by atoms with Crippen LogP contribution in [0.5, 0.6) is 0 Å². The number of esters is 1. The fraction of sp³-hybridized carbons (Fsp3) is 0.500. The van der Waals surface area contributed by atoms with E-state index in [4.69, 9.17) is 9.94 Å². The molecule has 0 heterocycles. The highest BCUT2D eigenvalue weighted by Gasteiger charge is 2.34. The number of ether oxygens (including phenoxy) is 1. The van der Waals surface area contributed by atoms with Gasteiger partial charge in [0.15, 0.2) is 0 Å². The molecule has 0 aliphatic carbocycles. The van der Waals surface area contributed by atoms with Crippen LogP contribution in [0, 0.1) is 11.2 Å². The average molecular weight is 295 g/mol. The summed E-state index contributed by atoms with van der Waals surface area (Å²) in [6.45, 7) is 5.67. The van der Waals surface area contributed by atoms with E-state index in [1.807, 2.05) is 6.92 Å². The molecule has 5 heteroatoms. The molecule has 1 atom stereocenters. The van der Waals surface area contributed by atoms with E-state index in [1.165, 1.54) is 6.07 Å². The molecule has 0 aliphatic rings. The maximum Gasteiger partial charge on any atom is 0.312 e. The van der Waals surface area contributed by atoms with Crippen LogP contribution in [-0.2, 0) is 16.0 Å². The van der Waals surface area contributed by atoms with Crippen LogP contribution >= 0.6 is 0 Å².